The molecule has 0 saturated carbocycles. The predicted molar refractivity (Wildman–Crippen MR) is 66.3 cm³/mol. The lowest BCUT2D eigenvalue weighted by atomic mass is 9.84. The molecule has 0 fully saturated rings. The Bertz CT molecular complexity index is 415. The monoisotopic (exact) mass is 260 g/mol. The highest BCUT2D eigenvalue weighted by atomic mass is 35.5. The lowest BCUT2D eigenvalue weighted by Gasteiger charge is -2.26. The zero-order chi connectivity index (χ0) is 13.2. The molecule has 1 aromatic carbocycles. The number of rotatable bonds is 4. The maximum Gasteiger partial charge on any atom is 0.179 e. The molecular weight excluding hydrogens is 244 g/mol. The number of phenols is 1. The van der Waals surface area contributed by atoms with Crippen LogP contribution in [-0.4, -0.2) is 31.0 Å². The van der Waals surface area contributed by atoms with Crippen molar-refractivity contribution >= 4 is 11.6 Å². The fourth-order valence-corrected chi connectivity index (χ4v) is 2.18. The van der Waals surface area contributed by atoms with Gasteiger partial charge in [-0.2, -0.15) is 0 Å². The van der Waals surface area contributed by atoms with Crippen LogP contribution in [0, 0.1) is 0 Å². The van der Waals surface area contributed by atoms with Crippen LogP contribution in [0.15, 0.2) is 6.07 Å². The van der Waals surface area contributed by atoms with Crippen LogP contribution in [0.4, 0.5) is 0 Å². The van der Waals surface area contributed by atoms with Crippen LogP contribution in [0.1, 0.15) is 19.4 Å². The number of aromatic hydroxyl groups is 1. The van der Waals surface area contributed by atoms with Crippen LogP contribution >= 0.6 is 11.6 Å². The van der Waals surface area contributed by atoms with Crippen molar-refractivity contribution in [3.8, 4) is 17.2 Å². The van der Waals surface area contributed by atoms with Gasteiger partial charge in [-0.3, -0.25) is 0 Å². The van der Waals surface area contributed by atoms with Crippen molar-refractivity contribution in [2.45, 2.75) is 19.3 Å². The number of aliphatic hydroxyl groups excluding tert-OH is 1. The predicted octanol–water partition coefficient (Wildman–Crippen LogP) is 2.33. The van der Waals surface area contributed by atoms with Gasteiger partial charge in [-0.15, -0.1) is 0 Å². The summed E-state index contributed by atoms with van der Waals surface area (Å²) in [5.74, 6) is 0.683. The third kappa shape index (κ3) is 2.42. The number of aliphatic hydroxyl groups is 1. The number of hydrogen-bond acceptors (Lipinski definition) is 4. The molecule has 1 aromatic rings. The Morgan fingerprint density at radius 3 is 2.29 bits per heavy atom. The van der Waals surface area contributed by atoms with E-state index < -0.39 is 5.41 Å². The Kier molecular flexibility index (Phi) is 4.11. The third-order valence-corrected chi connectivity index (χ3v) is 3.02. The smallest absolute Gasteiger partial charge is 0.179 e. The van der Waals surface area contributed by atoms with Gasteiger partial charge in [0.1, 0.15) is 5.75 Å². The quantitative estimate of drug-likeness (QED) is 0.872. The molecule has 0 bridgehead atoms. The van der Waals surface area contributed by atoms with Crippen molar-refractivity contribution in [1.82, 2.24) is 0 Å². The Hall–Kier alpha value is -1.13. The van der Waals surface area contributed by atoms with Crippen molar-refractivity contribution in [2.24, 2.45) is 0 Å². The maximum absolute atomic E-state index is 9.96. The minimum atomic E-state index is -0.666. The first-order chi connectivity index (χ1) is 7.88. The van der Waals surface area contributed by atoms with E-state index in [0.717, 1.165) is 0 Å². The van der Waals surface area contributed by atoms with E-state index in [0.29, 0.717) is 17.1 Å². The second-order valence-electron chi connectivity index (χ2n) is 4.36. The Morgan fingerprint density at radius 1 is 1.29 bits per heavy atom. The molecule has 0 aliphatic rings. The molecule has 0 spiro atoms. The Labute approximate surface area is 106 Å². The zero-order valence-electron chi connectivity index (χ0n) is 10.4. The van der Waals surface area contributed by atoms with Gasteiger partial charge in [0.15, 0.2) is 11.5 Å². The van der Waals surface area contributed by atoms with E-state index in [2.05, 4.69) is 0 Å². The van der Waals surface area contributed by atoms with Gasteiger partial charge < -0.3 is 19.7 Å². The molecule has 17 heavy (non-hydrogen) atoms. The molecule has 0 saturated heterocycles. The van der Waals surface area contributed by atoms with Gasteiger partial charge in [-0.25, -0.2) is 0 Å². The fraction of sp³-hybridized carbons (Fsp3) is 0.500. The highest BCUT2D eigenvalue weighted by molar-refractivity contribution is 6.33. The van der Waals surface area contributed by atoms with Gasteiger partial charge in [0.05, 0.1) is 25.8 Å². The highest BCUT2D eigenvalue weighted by Gasteiger charge is 2.29. The first-order valence-corrected chi connectivity index (χ1v) is 5.51. The number of benzene rings is 1. The van der Waals surface area contributed by atoms with Crippen LogP contribution < -0.4 is 9.47 Å². The first kappa shape index (κ1) is 13.9. The molecule has 0 amide bonds. The fourth-order valence-electron chi connectivity index (χ4n) is 1.66. The molecule has 0 aliphatic carbocycles. The second-order valence-corrected chi connectivity index (χ2v) is 4.74. The number of methoxy groups -OCH3 is 2. The van der Waals surface area contributed by atoms with Crippen LogP contribution in [0.2, 0.25) is 5.02 Å². The summed E-state index contributed by atoms with van der Waals surface area (Å²) in [5, 5.41) is 19.6. The highest BCUT2D eigenvalue weighted by Crippen LogP contribution is 2.46. The third-order valence-electron chi connectivity index (χ3n) is 2.66. The minimum absolute atomic E-state index is 0.0216. The molecule has 0 aromatic heterocycles. The number of halogens is 1. The van der Waals surface area contributed by atoms with Crippen LogP contribution in [0.5, 0.6) is 17.2 Å². The summed E-state index contributed by atoms with van der Waals surface area (Å²) in [6, 6.07) is 1.43. The van der Waals surface area contributed by atoms with Gasteiger partial charge in [0.25, 0.3) is 0 Å². The standard InChI is InChI=1S/C12H17ClO4/c1-12(2,6-14)9-7(15)5-8(16-3)11(17-4)10(9)13/h5,14-15H,6H2,1-4H3. The molecule has 2 N–H and O–H groups in total. The molecule has 96 valence electrons. The van der Waals surface area contributed by atoms with E-state index in [4.69, 9.17) is 21.1 Å². The van der Waals surface area contributed by atoms with Gasteiger partial charge in [-0.05, 0) is 0 Å². The Morgan fingerprint density at radius 2 is 1.88 bits per heavy atom. The molecule has 4 nitrogen and oxygen atoms in total. The van der Waals surface area contributed by atoms with Crippen molar-refractivity contribution in [3.05, 3.63) is 16.7 Å². The summed E-state index contributed by atoms with van der Waals surface area (Å²) in [6.07, 6.45) is 0. The van der Waals surface area contributed by atoms with Crippen molar-refractivity contribution in [3.63, 3.8) is 0 Å². The van der Waals surface area contributed by atoms with E-state index in [-0.39, 0.29) is 17.4 Å². The zero-order valence-corrected chi connectivity index (χ0v) is 11.1. The molecule has 1 rings (SSSR count). The summed E-state index contributed by atoms with van der Waals surface area (Å²) >= 11 is 6.19. The number of hydrogen-bond donors (Lipinski definition) is 2. The van der Waals surface area contributed by atoms with Gasteiger partial charge in [0, 0.05) is 17.0 Å². The summed E-state index contributed by atoms with van der Waals surface area (Å²) in [4.78, 5) is 0. The maximum atomic E-state index is 9.96. The molecule has 0 radical (unpaired) electrons. The molecule has 0 aliphatic heterocycles. The molecule has 0 atom stereocenters. The van der Waals surface area contributed by atoms with Crippen molar-refractivity contribution in [1.29, 1.82) is 0 Å². The van der Waals surface area contributed by atoms with E-state index >= 15 is 0 Å². The van der Waals surface area contributed by atoms with E-state index in [1.54, 1.807) is 13.8 Å². The average Bonchev–Trinajstić information content (AvgIpc) is 2.27. The van der Waals surface area contributed by atoms with Crippen molar-refractivity contribution < 1.29 is 19.7 Å². The first-order valence-electron chi connectivity index (χ1n) is 5.13. The second kappa shape index (κ2) is 5.02. The van der Waals surface area contributed by atoms with E-state index in [1.807, 2.05) is 0 Å². The van der Waals surface area contributed by atoms with Crippen LogP contribution in [0.3, 0.4) is 0 Å². The normalized spacial score (nSPS) is 11.4. The van der Waals surface area contributed by atoms with Crippen molar-refractivity contribution in [2.75, 3.05) is 20.8 Å². The Balaban J connectivity index is 3.53. The van der Waals surface area contributed by atoms with Gasteiger partial charge >= 0.3 is 0 Å². The van der Waals surface area contributed by atoms with E-state index in [1.165, 1.54) is 20.3 Å². The molecular formula is C12H17ClO4. The summed E-state index contributed by atoms with van der Waals surface area (Å²) in [7, 11) is 2.93. The molecule has 0 unspecified atom stereocenters. The van der Waals surface area contributed by atoms with Crippen LogP contribution in [-0.2, 0) is 5.41 Å². The van der Waals surface area contributed by atoms with E-state index in [9.17, 15) is 10.2 Å². The lowest BCUT2D eigenvalue weighted by molar-refractivity contribution is 0.214. The van der Waals surface area contributed by atoms with Gasteiger partial charge in [-0.1, -0.05) is 25.4 Å². The lowest BCUT2D eigenvalue weighted by Crippen LogP contribution is -2.23. The number of phenolic OH excluding ortho intramolecular Hbond substituents is 1. The minimum Gasteiger partial charge on any atom is -0.507 e. The summed E-state index contributed by atoms with van der Waals surface area (Å²) in [6.45, 7) is 3.41. The molecule has 0 heterocycles. The summed E-state index contributed by atoms with van der Waals surface area (Å²) in [5.41, 5.74) is -0.222. The largest absolute Gasteiger partial charge is 0.507 e. The molecule has 5 heteroatoms. The van der Waals surface area contributed by atoms with Crippen LogP contribution in [0.25, 0.3) is 0 Å². The SMILES string of the molecule is COc1cc(O)c(C(C)(C)CO)c(Cl)c1OC. The average molecular weight is 261 g/mol. The summed E-state index contributed by atoms with van der Waals surface area (Å²) < 4.78 is 10.2. The number of ether oxygens (including phenoxy) is 2. The topological polar surface area (TPSA) is 58.9 Å². The van der Waals surface area contributed by atoms with Gasteiger partial charge in [0.2, 0.25) is 0 Å².